The first kappa shape index (κ1) is 11.6. The first-order valence-electron chi connectivity index (χ1n) is 5.21. The highest BCUT2D eigenvalue weighted by molar-refractivity contribution is 5.97. The van der Waals surface area contributed by atoms with Crippen molar-refractivity contribution in [3.05, 3.63) is 29.8 Å². The number of hydrogen-bond donors (Lipinski definition) is 2. The van der Waals surface area contributed by atoms with Gasteiger partial charge in [-0.05, 0) is 18.1 Å². The van der Waals surface area contributed by atoms with Gasteiger partial charge in [-0.2, -0.15) is 0 Å². The van der Waals surface area contributed by atoms with Crippen LogP contribution in [0.4, 0.5) is 0 Å². The average molecular weight is 206 g/mol. The number of hydrogen-bond acceptors (Lipinski definition) is 2. The molecule has 0 amide bonds. The Balaban J connectivity index is 2.72. The van der Waals surface area contributed by atoms with Crippen molar-refractivity contribution in [1.29, 1.82) is 5.41 Å². The quantitative estimate of drug-likeness (QED) is 0.574. The van der Waals surface area contributed by atoms with Crippen LogP contribution in [0.2, 0.25) is 0 Å². The van der Waals surface area contributed by atoms with Crippen LogP contribution >= 0.6 is 0 Å². The van der Waals surface area contributed by atoms with Crippen molar-refractivity contribution >= 4 is 5.84 Å². The third-order valence-corrected chi connectivity index (χ3v) is 2.40. The summed E-state index contributed by atoms with van der Waals surface area (Å²) in [7, 11) is 0. The van der Waals surface area contributed by atoms with E-state index in [-0.39, 0.29) is 5.84 Å². The minimum atomic E-state index is 0.0507. The van der Waals surface area contributed by atoms with Crippen molar-refractivity contribution in [3.8, 4) is 5.75 Å². The minimum Gasteiger partial charge on any atom is -0.493 e. The Morgan fingerprint density at radius 3 is 2.73 bits per heavy atom. The van der Waals surface area contributed by atoms with Crippen molar-refractivity contribution in [2.45, 2.75) is 20.3 Å². The number of nitrogens with two attached hydrogens (primary N) is 1. The van der Waals surface area contributed by atoms with Crippen LogP contribution in [0.25, 0.3) is 0 Å². The van der Waals surface area contributed by atoms with Gasteiger partial charge in [-0.15, -0.1) is 0 Å². The lowest BCUT2D eigenvalue weighted by Gasteiger charge is -2.13. The van der Waals surface area contributed by atoms with Gasteiger partial charge >= 0.3 is 0 Å². The molecule has 3 N–H and O–H groups in total. The van der Waals surface area contributed by atoms with Crippen LogP contribution in [0.3, 0.4) is 0 Å². The van der Waals surface area contributed by atoms with E-state index in [1.165, 1.54) is 0 Å². The zero-order chi connectivity index (χ0) is 11.3. The maximum atomic E-state index is 7.40. The molecule has 1 rings (SSSR count). The van der Waals surface area contributed by atoms with Crippen molar-refractivity contribution in [2.75, 3.05) is 6.61 Å². The molecule has 1 aromatic carbocycles. The topological polar surface area (TPSA) is 59.1 Å². The predicted octanol–water partition coefficient (Wildman–Crippen LogP) is 2.40. The van der Waals surface area contributed by atoms with E-state index in [9.17, 15) is 0 Å². The summed E-state index contributed by atoms with van der Waals surface area (Å²) in [5.74, 6) is 1.27. The summed E-state index contributed by atoms with van der Waals surface area (Å²) in [5, 5.41) is 7.40. The van der Waals surface area contributed by atoms with Gasteiger partial charge in [0, 0.05) is 0 Å². The summed E-state index contributed by atoms with van der Waals surface area (Å²) in [6.45, 7) is 4.93. The predicted molar refractivity (Wildman–Crippen MR) is 62.4 cm³/mol. The number of ether oxygens (including phenoxy) is 1. The summed E-state index contributed by atoms with van der Waals surface area (Å²) >= 11 is 0. The van der Waals surface area contributed by atoms with Crippen molar-refractivity contribution in [2.24, 2.45) is 11.7 Å². The van der Waals surface area contributed by atoms with Gasteiger partial charge in [-0.1, -0.05) is 32.4 Å². The zero-order valence-corrected chi connectivity index (χ0v) is 9.29. The molecule has 0 fully saturated rings. The van der Waals surface area contributed by atoms with Gasteiger partial charge in [-0.3, -0.25) is 5.41 Å². The van der Waals surface area contributed by atoms with Gasteiger partial charge in [0.25, 0.3) is 0 Å². The Labute approximate surface area is 90.8 Å². The Hall–Kier alpha value is -1.51. The lowest BCUT2D eigenvalue weighted by Crippen LogP contribution is -2.15. The van der Waals surface area contributed by atoms with Gasteiger partial charge in [0.1, 0.15) is 11.6 Å². The molecule has 0 aliphatic heterocycles. The molecule has 0 saturated heterocycles. The third kappa shape index (κ3) is 3.27. The molecular formula is C12H18N2O. The summed E-state index contributed by atoms with van der Waals surface area (Å²) in [6.07, 6.45) is 1.09. The Morgan fingerprint density at radius 2 is 2.13 bits per heavy atom. The second-order valence-electron chi connectivity index (χ2n) is 3.73. The smallest absolute Gasteiger partial charge is 0.130 e. The molecule has 0 heterocycles. The second-order valence-corrected chi connectivity index (χ2v) is 3.73. The van der Waals surface area contributed by atoms with Crippen LogP contribution in [0.15, 0.2) is 24.3 Å². The highest BCUT2D eigenvalue weighted by atomic mass is 16.5. The summed E-state index contributed by atoms with van der Waals surface area (Å²) in [4.78, 5) is 0. The fraction of sp³-hybridized carbons (Fsp3) is 0.417. The lowest BCUT2D eigenvalue weighted by molar-refractivity contribution is 0.256. The normalized spacial score (nSPS) is 12.1. The van der Waals surface area contributed by atoms with Crippen LogP contribution < -0.4 is 10.5 Å². The summed E-state index contributed by atoms with van der Waals surface area (Å²) in [5.41, 5.74) is 6.12. The van der Waals surface area contributed by atoms with Crippen LogP contribution in [-0.4, -0.2) is 12.4 Å². The first-order chi connectivity index (χ1) is 7.15. The fourth-order valence-electron chi connectivity index (χ4n) is 1.16. The molecule has 82 valence electrons. The number of para-hydroxylation sites is 1. The number of rotatable bonds is 5. The van der Waals surface area contributed by atoms with Crippen LogP contribution in [0.5, 0.6) is 5.75 Å². The van der Waals surface area contributed by atoms with E-state index in [1.807, 2.05) is 18.2 Å². The Bertz CT molecular complexity index is 336. The van der Waals surface area contributed by atoms with Gasteiger partial charge in [0.05, 0.1) is 12.2 Å². The Kier molecular flexibility index (Phi) is 4.16. The van der Waals surface area contributed by atoms with Crippen molar-refractivity contribution in [1.82, 2.24) is 0 Å². The average Bonchev–Trinajstić information content (AvgIpc) is 2.26. The lowest BCUT2D eigenvalue weighted by atomic mass is 10.1. The second kappa shape index (κ2) is 5.39. The molecule has 1 atom stereocenters. The molecule has 0 bridgehead atoms. The fourth-order valence-corrected chi connectivity index (χ4v) is 1.16. The van der Waals surface area contributed by atoms with Gasteiger partial charge < -0.3 is 10.5 Å². The standard InChI is InChI=1S/C12H18N2O/c1-3-9(2)8-15-11-7-5-4-6-10(11)12(13)14/h4-7,9H,3,8H2,1-2H3,(H3,13,14). The molecule has 15 heavy (non-hydrogen) atoms. The van der Waals surface area contributed by atoms with Crippen LogP contribution in [-0.2, 0) is 0 Å². The maximum absolute atomic E-state index is 7.40. The molecular weight excluding hydrogens is 188 g/mol. The van der Waals surface area contributed by atoms with Crippen LogP contribution in [0.1, 0.15) is 25.8 Å². The molecule has 0 spiro atoms. The van der Waals surface area contributed by atoms with E-state index in [0.717, 1.165) is 6.42 Å². The van der Waals surface area contributed by atoms with Gasteiger partial charge in [0.15, 0.2) is 0 Å². The van der Waals surface area contributed by atoms with E-state index in [0.29, 0.717) is 23.8 Å². The number of nitrogen functional groups attached to an aromatic ring is 1. The van der Waals surface area contributed by atoms with E-state index < -0.39 is 0 Å². The number of nitrogens with one attached hydrogen (secondary N) is 1. The highest BCUT2D eigenvalue weighted by Gasteiger charge is 2.06. The molecule has 3 heteroatoms. The molecule has 3 nitrogen and oxygen atoms in total. The summed E-state index contributed by atoms with van der Waals surface area (Å²) in [6, 6.07) is 7.39. The molecule has 0 radical (unpaired) electrons. The maximum Gasteiger partial charge on any atom is 0.130 e. The monoisotopic (exact) mass is 206 g/mol. The molecule has 0 aliphatic carbocycles. The van der Waals surface area contributed by atoms with Crippen LogP contribution in [0, 0.1) is 11.3 Å². The van der Waals surface area contributed by atoms with Gasteiger partial charge in [-0.25, -0.2) is 0 Å². The number of amidine groups is 1. The first-order valence-corrected chi connectivity index (χ1v) is 5.21. The van der Waals surface area contributed by atoms with Gasteiger partial charge in [0.2, 0.25) is 0 Å². The Morgan fingerprint density at radius 1 is 1.47 bits per heavy atom. The SMILES string of the molecule is CCC(C)COc1ccccc1C(=N)N. The van der Waals surface area contributed by atoms with Crippen molar-refractivity contribution < 1.29 is 4.74 Å². The largest absolute Gasteiger partial charge is 0.493 e. The van der Waals surface area contributed by atoms with E-state index in [4.69, 9.17) is 15.9 Å². The minimum absolute atomic E-state index is 0.0507. The zero-order valence-electron chi connectivity index (χ0n) is 9.29. The van der Waals surface area contributed by atoms with E-state index >= 15 is 0 Å². The van der Waals surface area contributed by atoms with Crippen molar-refractivity contribution in [3.63, 3.8) is 0 Å². The molecule has 1 unspecified atom stereocenters. The molecule has 0 aromatic heterocycles. The number of benzene rings is 1. The van der Waals surface area contributed by atoms with E-state index in [2.05, 4.69) is 13.8 Å². The van der Waals surface area contributed by atoms with E-state index in [1.54, 1.807) is 6.07 Å². The molecule has 0 saturated carbocycles. The summed E-state index contributed by atoms with van der Waals surface area (Å²) < 4.78 is 5.63. The molecule has 0 aliphatic rings. The third-order valence-electron chi connectivity index (χ3n) is 2.40. The highest BCUT2D eigenvalue weighted by Crippen LogP contribution is 2.18. The molecule has 1 aromatic rings.